The minimum Gasteiger partial charge on any atom is -0.494 e. The lowest BCUT2D eigenvalue weighted by atomic mass is 10.0. The predicted molar refractivity (Wildman–Crippen MR) is 70.1 cm³/mol. The molecule has 1 aliphatic heterocycles. The smallest absolute Gasteiger partial charge is 0.222 e. The summed E-state index contributed by atoms with van der Waals surface area (Å²) >= 11 is 0. The summed E-state index contributed by atoms with van der Waals surface area (Å²) in [6.07, 6.45) is 0.771. The van der Waals surface area contributed by atoms with E-state index < -0.39 is 5.82 Å². The molecule has 106 valence electrons. The average Bonchev–Trinajstić information content (AvgIpc) is 2.90. The van der Waals surface area contributed by atoms with E-state index in [1.165, 1.54) is 13.2 Å². The van der Waals surface area contributed by atoms with E-state index in [1.807, 2.05) is 6.07 Å². The Bertz CT molecular complexity index is 629. The maximum absolute atomic E-state index is 13.8. The zero-order valence-electron chi connectivity index (χ0n) is 11.0. The van der Waals surface area contributed by atoms with Crippen molar-refractivity contribution in [1.29, 1.82) is 0 Å². The summed E-state index contributed by atoms with van der Waals surface area (Å²) in [4.78, 5) is 4.17. The van der Waals surface area contributed by atoms with Crippen LogP contribution in [-0.4, -0.2) is 33.5 Å². The molecule has 0 radical (unpaired) electrons. The Balaban J connectivity index is 1.99. The summed E-state index contributed by atoms with van der Waals surface area (Å²) in [5, 5.41) is 16.5. The topological polar surface area (TPSA) is 72.2 Å². The quantitative estimate of drug-likeness (QED) is 0.886. The average molecular weight is 278 g/mol. The molecule has 0 saturated carbocycles. The molecule has 0 spiro atoms. The van der Waals surface area contributed by atoms with E-state index in [1.54, 1.807) is 10.7 Å². The third kappa shape index (κ3) is 2.09. The van der Waals surface area contributed by atoms with E-state index in [-0.39, 0.29) is 18.4 Å². The fourth-order valence-corrected chi connectivity index (χ4v) is 2.41. The van der Waals surface area contributed by atoms with Crippen LogP contribution in [0.5, 0.6) is 5.75 Å². The molecule has 1 unspecified atom stereocenters. The fourth-order valence-electron chi connectivity index (χ4n) is 2.41. The first-order chi connectivity index (χ1) is 9.72. The van der Waals surface area contributed by atoms with Gasteiger partial charge in [0.1, 0.15) is 6.61 Å². The van der Waals surface area contributed by atoms with Crippen LogP contribution in [0.2, 0.25) is 0 Å². The number of fused-ring (bicyclic) bond motifs is 1. The molecule has 0 bridgehead atoms. The highest BCUT2D eigenvalue weighted by Gasteiger charge is 2.25. The summed E-state index contributed by atoms with van der Waals surface area (Å²) in [5.41, 5.74) is 0.806. The number of benzene rings is 1. The molecular formula is C13H15FN4O2. The molecule has 20 heavy (non-hydrogen) atoms. The fraction of sp³-hybridized carbons (Fsp3) is 0.385. The Hall–Kier alpha value is -2.15. The van der Waals surface area contributed by atoms with Crippen molar-refractivity contribution in [3.05, 3.63) is 35.4 Å². The van der Waals surface area contributed by atoms with Gasteiger partial charge in [-0.1, -0.05) is 6.07 Å². The molecule has 6 nitrogen and oxygen atoms in total. The number of ether oxygens (including phenoxy) is 1. The van der Waals surface area contributed by atoms with E-state index >= 15 is 0 Å². The second-order valence-corrected chi connectivity index (χ2v) is 4.58. The molecule has 2 aromatic rings. The molecule has 3 rings (SSSR count). The molecule has 2 heterocycles. The maximum atomic E-state index is 13.8. The van der Waals surface area contributed by atoms with Crippen LogP contribution in [0.4, 0.5) is 10.3 Å². The zero-order chi connectivity index (χ0) is 14.1. The number of halogens is 1. The Morgan fingerprint density at radius 1 is 1.55 bits per heavy atom. The molecule has 0 saturated heterocycles. The zero-order valence-corrected chi connectivity index (χ0v) is 11.0. The van der Waals surface area contributed by atoms with Crippen molar-refractivity contribution in [2.45, 2.75) is 19.1 Å². The number of aliphatic hydroxyl groups excluding tert-OH is 1. The Morgan fingerprint density at radius 2 is 2.40 bits per heavy atom. The molecule has 0 fully saturated rings. The van der Waals surface area contributed by atoms with Crippen LogP contribution in [0.15, 0.2) is 18.2 Å². The number of hydrogen-bond donors (Lipinski definition) is 2. The van der Waals surface area contributed by atoms with E-state index in [2.05, 4.69) is 15.4 Å². The van der Waals surface area contributed by atoms with Gasteiger partial charge in [-0.05, 0) is 24.1 Å². The highest BCUT2D eigenvalue weighted by molar-refractivity contribution is 5.36. The molecule has 0 amide bonds. The van der Waals surface area contributed by atoms with E-state index in [4.69, 9.17) is 9.84 Å². The van der Waals surface area contributed by atoms with Gasteiger partial charge in [0.25, 0.3) is 0 Å². The van der Waals surface area contributed by atoms with Crippen molar-refractivity contribution >= 4 is 5.95 Å². The third-order valence-corrected chi connectivity index (χ3v) is 3.37. The van der Waals surface area contributed by atoms with Crippen molar-refractivity contribution in [2.24, 2.45) is 0 Å². The molecule has 1 aromatic heterocycles. The second-order valence-electron chi connectivity index (χ2n) is 4.58. The molecule has 1 atom stereocenters. The summed E-state index contributed by atoms with van der Waals surface area (Å²) in [5.74, 6) is 0.778. The number of nitrogens with one attached hydrogen (secondary N) is 1. The number of aromatic nitrogens is 3. The molecule has 1 aliphatic rings. The highest BCUT2D eigenvalue weighted by atomic mass is 19.1. The van der Waals surface area contributed by atoms with Crippen molar-refractivity contribution in [3.63, 3.8) is 0 Å². The number of rotatable bonds is 3. The lowest BCUT2D eigenvalue weighted by Gasteiger charge is -2.24. The van der Waals surface area contributed by atoms with E-state index in [0.717, 1.165) is 18.5 Å². The number of hydrogen-bond acceptors (Lipinski definition) is 5. The summed E-state index contributed by atoms with van der Waals surface area (Å²) in [7, 11) is 1.44. The molecular weight excluding hydrogens is 263 g/mol. The maximum Gasteiger partial charge on any atom is 0.222 e. The van der Waals surface area contributed by atoms with Crippen LogP contribution < -0.4 is 10.1 Å². The van der Waals surface area contributed by atoms with Crippen LogP contribution in [0.3, 0.4) is 0 Å². The van der Waals surface area contributed by atoms with E-state index in [9.17, 15) is 4.39 Å². The predicted octanol–water partition coefficient (Wildman–Crippen LogP) is 1.32. The van der Waals surface area contributed by atoms with Gasteiger partial charge in [0.2, 0.25) is 5.95 Å². The van der Waals surface area contributed by atoms with E-state index in [0.29, 0.717) is 11.8 Å². The van der Waals surface area contributed by atoms with Gasteiger partial charge in [0, 0.05) is 6.54 Å². The first-order valence-electron chi connectivity index (χ1n) is 6.36. The van der Waals surface area contributed by atoms with Crippen LogP contribution in [0.1, 0.15) is 23.9 Å². The number of methoxy groups -OCH3 is 1. The van der Waals surface area contributed by atoms with Gasteiger partial charge in [-0.3, -0.25) is 0 Å². The lowest BCUT2D eigenvalue weighted by molar-refractivity contribution is 0.270. The van der Waals surface area contributed by atoms with Gasteiger partial charge in [0.05, 0.1) is 13.2 Å². The lowest BCUT2D eigenvalue weighted by Crippen LogP contribution is -2.24. The van der Waals surface area contributed by atoms with Crippen LogP contribution in [-0.2, 0) is 6.61 Å². The van der Waals surface area contributed by atoms with Crippen molar-refractivity contribution in [2.75, 3.05) is 19.0 Å². The van der Waals surface area contributed by atoms with Crippen molar-refractivity contribution in [3.8, 4) is 5.75 Å². The number of anilines is 1. The summed E-state index contributed by atoms with van der Waals surface area (Å²) in [6.45, 7) is 0.507. The summed E-state index contributed by atoms with van der Waals surface area (Å²) in [6, 6.07) is 4.79. The number of nitrogens with zero attached hydrogens (tertiary/aromatic N) is 3. The minimum atomic E-state index is -0.396. The van der Waals surface area contributed by atoms with Gasteiger partial charge in [-0.25, -0.2) is 9.07 Å². The van der Waals surface area contributed by atoms with Gasteiger partial charge >= 0.3 is 0 Å². The summed E-state index contributed by atoms with van der Waals surface area (Å²) < 4.78 is 20.4. The van der Waals surface area contributed by atoms with Gasteiger partial charge in [0.15, 0.2) is 17.4 Å². The van der Waals surface area contributed by atoms with Crippen LogP contribution in [0, 0.1) is 5.82 Å². The van der Waals surface area contributed by atoms with Gasteiger partial charge in [-0.2, -0.15) is 10.1 Å². The van der Waals surface area contributed by atoms with Crippen molar-refractivity contribution < 1.29 is 14.2 Å². The Morgan fingerprint density at radius 3 is 3.10 bits per heavy atom. The first-order valence-corrected chi connectivity index (χ1v) is 6.36. The first kappa shape index (κ1) is 12.9. The Labute approximate surface area is 115 Å². The van der Waals surface area contributed by atoms with Gasteiger partial charge in [-0.15, -0.1) is 0 Å². The van der Waals surface area contributed by atoms with Crippen molar-refractivity contribution in [1.82, 2.24) is 14.8 Å². The standard InChI is InChI=1S/C13H15FN4O2/c1-20-11-3-2-8(6-9(11)14)10-4-5-15-13-16-12(7-19)17-18(10)13/h2-3,6,10,19H,4-5,7H2,1H3,(H,15,16,17). The Kier molecular flexibility index (Phi) is 3.27. The SMILES string of the molecule is COc1ccc(C2CCNc3nc(CO)nn32)cc1F. The largest absolute Gasteiger partial charge is 0.494 e. The second kappa shape index (κ2) is 5.09. The molecule has 0 aliphatic carbocycles. The van der Waals surface area contributed by atoms with Gasteiger partial charge < -0.3 is 15.2 Å². The van der Waals surface area contributed by atoms with Crippen LogP contribution in [0.25, 0.3) is 0 Å². The monoisotopic (exact) mass is 278 g/mol. The normalized spacial score (nSPS) is 17.4. The highest BCUT2D eigenvalue weighted by Crippen LogP contribution is 2.30. The molecule has 7 heteroatoms. The molecule has 1 aromatic carbocycles. The minimum absolute atomic E-state index is 0.0977. The third-order valence-electron chi connectivity index (χ3n) is 3.37. The molecule has 2 N–H and O–H groups in total. The number of aliphatic hydroxyl groups is 1. The van der Waals surface area contributed by atoms with Crippen LogP contribution >= 0.6 is 0 Å².